The van der Waals surface area contributed by atoms with Gasteiger partial charge in [0, 0.05) is 18.9 Å². The maximum Gasteiger partial charge on any atom is 0.356 e. The second kappa shape index (κ2) is 6.53. The van der Waals surface area contributed by atoms with Crippen molar-refractivity contribution >= 4 is 39.8 Å². The van der Waals surface area contributed by atoms with Crippen LogP contribution in [0.5, 0.6) is 5.75 Å². The summed E-state index contributed by atoms with van der Waals surface area (Å²) >= 11 is 3.33. The van der Waals surface area contributed by atoms with Crippen molar-refractivity contribution in [3.8, 4) is 5.75 Å². The number of amides is 2. The summed E-state index contributed by atoms with van der Waals surface area (Å²) in [6.45, 7) is 0. The van der Waals surface area contributed by atoms with Crippen LogP contribution in [0.15, 0.2) is 28.7 Å². The molecule has 6 nitrogen and oxygen atoms in total. The molecule has 0 N–H and O–H groups in total. The molecule has 1 aromatic rings. The van der Waals surface area contributed by atoms with Gasteiger partial charge < -0.3 is 9.57 Å². The van der Waals surface area contributed by atoms with Gasteiger partial charge in [-0.3, -0.25) is 9.59 Å². The molecule has 0 spiro atoms. The first-order chi connectivity index (χ1) is 10.0. The Labute approximate surface area is 129 Å². The van der Waals surface area contributed by atoms with Crippen LogP contribution in [0.4, 0.5) is 0 Å². The van der Waals surface area contributed by atoms with Crippen LogP contribution in [0.3, 0.4) is 0 Å². The van der Waals surface area contributed by atoms with E-state index in [-0.39, 0.29) is 12.8 Å². The lowest BCUT2D eigenvalue weighted by atomic mass is 10.2. The number of methoxy groups -OCH3 is 1. The van der Waals surface area contributed by atoms with E-state index in [0.29, 0.717) is 10.8 Å². The molecular weight excluding hydrogens is 342 g/mol. The number of nitrogens with zero attached hydrogens (tertiary/aromatic N) is 1. The third kappa shape index (κ3) is 3.69. The smallest absolute Gasteiger partial charge is 0.356 e. The lowest BCUT2D eigenvalue weighted by Crippen LogP contribution is -2.31. The molecule has 0 aromatic heterocycles. The summed E-state index contributed by atoms with van der Waals surface area (Å²) in [6.07, 6.45) is 2.80. The van der Waals surface area contributed by atoms with E-state index in [9.17, 15) is 14.4 Å². The number of hydrogen-bond donors (Lipinski definition) is 0. The zero-order valence-electron chi connectivity index (χ0n) is 11.2. The predicted molar refractivity (Wildman–Crippen MR) is 76.9 cm³/mol. The van der Waals surface area contributed by atoms with Gasteiger partial charge in [-0.05, 0) is 39.7 Å². The largest absolute Gasteiger partial charge is 0.496 e. The number of carbonyl (C=O) groups excluding carboxylic acids is 3. The summed E-state index contributed by atoms with van der Waals surface area (Å²) in [5.74, 6) is -1.13. The third-order valence-corrected chi connectivity index (χ3v) is 3.39. The van der Waals surface area contributed by atoms with Crippen LogP contribution < -0.4 is 4.74 Å². The summed E-state index contributed by atoms with van der Waals surface area (Å²) in [5.41, 5.74) is 0.735. The summed E-state index contributed by atoms with van der Waals surface area (Å²) < 4.78 is 5.83. The SMILES string of the molecule is COc1ccc(/C=C/C(=O)ON2C(=O)CCC2=O)cc1Br. The topological polar surface area (TPSA) is 72.9 Å². The van der Waals surface area contributed by atoms with E-state index in [4.69, 9.17) is 9.57 Å². The van der Waals surface area contributed by atoms with Crippen LogP contribution >= 0.6 is 15.9 Å². The molecule has 7 heteroatoms. The molecule has 0 saturated carbocycles. The van der Waals surface area contributed by atoms with Gasteiger partial charge in [0.2, 0.25) is 0 Å². The summed E-state index contributed by atoms with van der Waals surface area (Å²) in [5, 5.41) is 0.511. The van der Waals surface area contributed by atoms with Gasteiger partial charge >= 0.3 is 5.97 Å². The quantitative estimate of drug-likeness (QED) is 0.612. The molecule has 1 fully saturated rings. The molecule has 21 heavy (non-hydrogen) atoms. The van der Waals surface area contributed by atoms with Crippen LogP contribution in [-0.2, 0) is 19.2 Å². The molecule has 2 rings (SSSR count). The van der Waals surface area contributed by atoms with Gasteiger partial charge in [-0.2, -0.15) is 0 Å². The van der Waals surface area contributed by atoms with E-state index in [2.05, 4.69) is 15.9 Å². The van der Waals surface area contributed by atoms with E-state index in [1.807, 2.05) is 0 Å². The molecule has 110 valence electrons. The molecule has 1 saturated heterocycles. The fourth-order valence-electron chi connectivity index (χ4n) is 1.73. The summed E-state index contributed by atoms with van der Waals surface area (Å²) in [6, 6.07) is 5.25. The maximum atomic E-state index is 11.6. The van der Waals surface area contributed by atoms with Crippen molar-refractivity contribution in [1.82, 2.24) is 5.06 Å². The van der Waals surface area contributed by atoms with Gasteiger partial charge in [0.05, 0.1) is 11.6 Å². The second-order valence-electron chi connectivity index (χ2n) is 4.22. The fraction of sp³-hybridized carbons (Fsp3) is 0.214. The lowest BCUT2D eigenvalue weighted by molar-refractivity contribution is -0.193. The van der Waals surface area contributed by atoms with E-state index in [1.54, 1.807) is 25.3 Å². The normalized spacial score (nSPS) is 14.9. The third-order valence-electron chi connectivity index (χ3n) is 2.77. The molecule has 0 bridgehead atoms. The Morgan fingerprint density at radius 2 is 1.95 bits per heavy atom. The lowest BCUT2D eigenvalue weighted by Gasteiger charge is -2.10. The Kier molecular flexibility index (Phi) is 4.74. The van der Waals surface area contributed by atoms with Gasteiger partial charge in [0.25, 0.3) is 11.8 Å². The zero-order valence-corrected chi connectivity index (χ0v) is 12.8. The van der Waals surface area contributed by atoms with E-state index >= 15 is 0 Å². The Bertz CT molecular complexity index is 610. The van der Waals surface area contributed by atoms with Crippen molar-refractivity contribution in [2.75, 3.05) is 7.11 Å². The van der Waals surface area contributed by atoms with Crippen molar-refractivity contribution in [3.05, 3.63) is 34.3 Å². The molecule has 0 aliphatic carbocycles. The monoisotopic (exact) mass is 353 g/mol. The van der Waals surface area contributed by atoms with Gasteiger partial charge in [0.1, 0.15) is 5.75 Å². The number of benzene rings is 1. The number of carbonyl (C=O) groups is 3. The first-order valence-electron chi connectivity index (χ1n) is 6.10. The number of hydroxylamine groups is 2. The van der Waals surface area contributed by atoms with Crippen molar-refractivity contribution in [1.29, 1.82) is 0 Å². The highest BCUT2D eigenvalue weighted by atomic mass is 79.9. The van der Waals surface area contributed by atoms with Crippen LogP contribution in [0.25, 0.3) is 6.08 Å². The molecule has 0 unspecified atom stereocenters. The Balaban J connectivity index is 2.00. The molecule has 0 radical (unpaired) electrons. The Morgan fingerprint density at radius 3 is 2.52 bits per heavy atom. The maximum absolute atomic E-state index is 11.6. The fourth-order valence-corrected chi connectivity index (χ4v) is 2.29. The number of rotatable bonds is 4. The highest BCUT2D eigenvalue weighted by Gasteiger charge is 2.32. The van der Waals surface area contributed by atoms with Gasteiger partial charge in [-0.15, -0.1) is 5.06 Å². The minimum atomic E-state index is -0.787. The predicted octanol–water partition coefficient (Wildman–Crippen LogP) is 2.08. The standard InChI is InChI=1S/C14H12BrNO5/c1-20-11-4-2-9(8-10(11)15)3-7-14(19)21-16-12(17)5-6-13(16)18/h2-4,7-8H,5-6H2,1H3/b7-3+. The Hall–Kier alpha value is -2.15. The molecule has 0 atom stereocenters. The van der Waals surface area contributed by atoms with Crippen molar-refractivity contribution in [2.45, 2.75) is 12.8 Å². The molecule has 2 amide bonds. The van der Waals surface area contributed by atoms with Crippen molar-refractivity contribution in [2.24, 2.45) is 0 Å². The van der Waals surface area contributed by atoms with Gasteiger partial charge in [-0.25, -0.2) is 4.79 Å². The first kappa shape index (κ1) is 15.2. The molecule has 1 aromatic carbocycles. The molecular formula is C14H12BrNO5. The highest BCUT2D eigenvalue weighted by molar-refractivity contribution is 9.10. The first-order valence-corrected chi connectivity index (χ1v) is 6.90. The van der Waals surface area contributed by atoms with E-state index in [0.717, 1.165) is 16.1 Å². The highest BCUT2D eigenvalue weighted by Crippen LogP contribution is 2.26. The molecule has 1 heterocycles. The number of halogens is 1. The second-order valence-corrected chi connectivity index (χ2v) is 5.07. The van der Waals surface area contributed by atoms with E-state index < -0.39 is 17.8 Å². The van der Waals surface area contributed by atoms with Crippen molar-refractivity contribution < 1.29 is 24.0 Å². The molecule has 1 aliphatic rings. The van der Waals surface area contributed by atoms with E-state index in [1.165, 1.54) is 6.08 Å². The van der Waals surface area contributed by atoms with Crippen LogP contribution in [0.2, 0.25) is 0 Å². The Morgan fingerprint density at radius 1 is 1.29 bits per heavy atom. The average molecular weight is 354 g/mol. The van der Waals surface area contributed by atoms with Crippen LogP contribution in [0.1, 0.15) is 18.4 Å². The van der Waals surface area contributed by atoms with Crippen LogP contribution in [-0.4, -0.2) is 30.0 Å². The number of ether oxygens (including phenoxy) is 1. The van der Waals surface area contributed by atoms with Gasteiger partial charge in [-0.1, -0.05) is 6.07 Å². The minimum Gasteiger partial charge on any atom is -0.496 e. The van der Waals surface area contributed by atoms with Crippen LogP contribution in [0, 0.1) is 0 Å². The summed E-state index contributed by atoms with van der Waals surface area (Å²) in [4.78, 5) is 38.9. The number of imide groups is 1. The van der Waals surface area contributed by atoms with Gasteiger partial charge in [0.15, 0.2) is 0 Å². The minimum absolute atomic E-state index is 0.0707. The van der Waals surface area contributed by atoms with Crippen molar-refractivity contribution in [3.63, 3.8) is 0 Å². The average Bonchev–Trinajstić information content (AvgIpc) is 2.77. The molecule has 1 aliphatic heterocycles. The summed E-state index contributed by atoms with van der Waals surface area (Å²) in [7, 11) is 1.55. The zero-order chi connectivity index (χ0) is 15.4. The number of hydrogen-bond acceptors (Lipinski definition) is 5.